The van der Waals surface area contributed by atoms with E-state index in [0.717, 1.165) is 27.4 Å². The Hall–Kier alpha value is -1.51. The summed E-state index contributed by atoms with van der Waals surface area (Å²) in [5.41, 5.74) is 3.11. The van der Waals surface area contributed by atoms with Gasteiger partial charge in [0.15, 0.2) is 0 Å². The Balaban J connectivity index is 2.12. The van der Waals surface area contributed by atoms with Crippen LogP contribution < -0.4 is 0 Å². The van der Waals surface area contributed by atoms with Gasteiger partial charge in [0.2, 0.25) is 0 Å². The number of nitrogens with zero attached hydrogens (tertiary/aromatic N) is 2. The Bertz CT molecular complexity index is 719. The van der Waals surface area contributed by atoms with E-state index in [1.54, 1.807) is 0 Å². The first-order valence-corrected chi connectivity index (χ1v) is 6.94. The maximum Gasteiger partial charge on any atom is 0.125 e. The molecule has 2 aromatic carbocycles. The predicted octanol–water partition coefficient (Wildman–Crippen LogP) is 4.48. The fourth-order valence-corrected chi connectivity index (χ4v) is 2.60. The molecule has 19 heavy (non-hydrogen) atoms. The second-order valence-corrected chi connectivity index (χ2v) is 5.00. The van der Waals surface area contributed by atoms with E-state index in [0.29, 0.717) is 12.4 Å². The second-order valence-electron chi connectivity index (χ2n) is 4.33. The Kier molecular flexibility index (Phi) is 3.45. The molecule has 0 N–H and O–H groups in total. The smallest absolute Gasteiger partial charge is 0.125 e. The predicted molar refractivity (Wildman–Crippen MR) is 79.8 cm³/mol. The minimum Gasteiger partial charge on any atom is -0.322 e. The lowest BCUT2D eigenvalue weighted by molar-refractivity contribution is 0.779. The molecule has 0 spiro atoms. The van der Waals surface area contributed by atoms with E-state index >= 15 is 0 Å². The van der Waals surface area contributed by atoms with Gasteiger partial charge < -0.3 is 4.57 Å². The molecule has 0 aliphatic heterocycles. The summed E-state index contributed by atoms with van der Waals surface area (Å²) in [4.78, 5) is 4.54. The van der Waals surface area contributed by atoms with Crippen LogP contribution in [0.1, 0.15) is 11.4 Å². The Labute approximate surface area is 121 Å². The first kappa shape index (κ1) is 12.5. The van der Waals surface area contributed by atoms with E-state index in [2.05, 4.69) is 15.6 Å². The Morgan fingerprint density at radius 2 is 1.74 bits per heavy atom. The van der Waals surface area contributed by atoms with Gasteiger partial charge in [0.25, 0.3) is 0 Å². The van der Waals surface area contributed by atoms with Crippen LogP contribution >= 0.6 is 23.2 Å². The number of halogens is 2. The number of para-hydroxylation sites is 2. The summed E-state index contributed by atoms with van der Waals surface area (Å²) in [6.45, 7) is 0.683. The maximum atomic E-state index is 6.22. The first-order valence-electron chi connectivity index (χ1n) is 6.03. The van der Waals surface area contributed by atoms with Crippen molar-refractivity contribution in [2.24, 2.45) is 0 Å². The molecule has 4 heteroatoms. The van der Waals surface area contributed by atoms with Crippen molar-refractivity contribution in [2.45, 2.75) is 12.4 Å². The number of benzene rings is 2. The van der Waals surface area contributed by atoms with Gasteiger partial charge >= 0.3 is 0 Å². The number of imidazole rings is 1. The average Bonchev–Trinajstić information content (AvgIpc) is 2.79. The molecule has 0 atom stereocenters. The van der Waals surface area contributed by atoms with Crippen LogP contribution in [0.2, 0.25) is 5.02 Å². The fourth-order valence-electron chi connectivity index (χ4n) is 2.20. The molecule has 1 heterocycles. The summed E-state index contributed by atoms with van der Waals surface area (Å²) >= 11 is 12.2. The zero-order valence-electron chi connectivity index (χ0n) is 10.2. The van der Waals surface area contributed by atoms with Crippen molar-refractivity contribution in [1.29, 1.82) is 0 Å². The molecule has 0 fully saturated rings. The molecule has 0 saturated heterocycles. The van der Waals surface area contributed by atoms with Crippen LogP contribution in [0, 0.1) is 0 Å². The van der Waals surface area contributed by atoms with Gasteiger partial charge in [-0.2, -0.15) is 0 Å². The van der Waals surface area contributed by atoms with E-state index in [4.69, 9.17) is 23.2 Å². The number of aromatic nitrogens is 2. The second kappa shape index (κ2) is 5.24. The van der Waals surface area contributed by atoms with Crippen LogP contribution in [-0.2, 0) is 12.4 Å². The molecule has 0 radical (unpaired) electrons. The van der Waals surface area contributed by atoms with Crippen LogP contribution in [0.3, 0.4) is 0 Å². The first-order chi connectivity index (χ1) is 9.29. The van der Waals surface area contributed by atoms with Crippen molar-refractivity contribution < 1.29 is 0 Å². The zero-order chi connectivity index (χ0) is 13.2. The summed E-state index contributed by atoms with van der Waals surface area (Å²) in [5, 5.41) is 0.765. The molecular formula is C15H12Cl2N2. The van der Waals surface area contributed by atoms with E-state index in [1.165, 1.54) is 0 Å². The standard InChI is InChI=1S/C15H12Cl2N2/c16-9-15-18-13-7-3-4-8-14(13)19(15)10-11-5-1-2-6-12(11)17/h1-8H,9-10H2. The summed E-state index contributed by atoms with van der Waals surface area (Å²) in [7, 11) is 0. The van der Waals surface area contributed by atoms with Gasteiger partial charge in [0.05, 0.1) is 23.5 Å². The summed E-state index contributed by atoms with van der Waals surface area (Å²) in [6.07, 6.45) is 0. The zero-order valence-corrected chi connectivity index (χ0v) is 11.7. The van der Waals surface area contributed by atoms with E-state index in [9.17, 15) is 0 Å². The number of fused-ring (bicyclic) bond motifs is 1. The van der Waals surface area contributed by atoms with Gasteiger partial charge in [0.1, 0.15) is 5.82 Å². The quantitative estimate of drug-likeness (QED) is 0.651. The number of rotatable bonds is 3. The molecule has 96 valence electrons. The highest BCUT2D eigenvalue weighted by Crippen LogP contribution is 2.22. The van der Waals surface area contributed by atoms with Gasteiger partial charge in [-0.3, -0.25) is 0 Å². The normalized spacial score (nSPS) is 11.1. The van der Waals surface area contributed by atoms with Crippen LogP contribution in [0.15, 0.2) is 48.5 Å². The van der Waals surface area contributed by atoms with Gasteiger partial charge in [0, 0.05) is 5.02 Å². The molecule has 3 rings (SSSR count). The van der Waals surface area contributed by atoms with Crippen molar-refractivity contribution in [1.82, 2.24) is 9.55 Å². The lowest BCUT2D eigenvalue weighted by Crippen LogP contribution is -2.04. The monoisotopic (exact) mass is 290 g/mol. The molecule has 2 nitrogen and oxygen atoms in total. The topological polar surface area (TPSA) is 17.8 Å². The molecular weight excluding hydrogens is 279 g/mol. The lowest BCUT2D eigenvalue weighted by atomic mass is 10.2. The van der Waals surface area contributed by atoms with E-state index in [1.807, 2.05) is 42.5 Å². The third-order valence-corrected chi connectivity index (χ3v) is 3.75. The average molecular weight is 291 g/mol. The minimum atomic E-state index is 0.388. The molecule has 0 saturated carbocycles. The van der Waals surface area contributed by atoms with E-state index < -0.39 is 0 Å². The van der Waals surface area contributed by atoms with Crippen LogP contribution in [0.25, 0.3) is 11.0 Å². The van der Waals surface area contributed by atoms with Crippen molar-refractivity contribution in [3.8, 4) is 0 Å². The highest BCUT2D eigenvalue weighted by Gasteiger charge is 2.10. The Morgan fingerprint density at radius 1 is 1.00 bits per heavy atom. The molecule has 0 bridgehead atoms. The summed E-state index contributed by atoms with van der Waals surface area (Å²) in [5.74, 6) is 1.25. The van der Waals surface area contributed by atoms with Crippen LogP contribution in [-0.4, -0.2) is 9.55 Å². The molecule has 0 aliphatic carbocycles. The molecule has 1 aromatic heterocycles. The van der Waals surface area contributed by atoms with Crippen molar-refractivity contribution in [2.75, 3.05) is 0 Å². The van der Waals surface area contributed by atoms with Gasteiger partial charge in [-0.05, 0) is 23.8 Å². The molecule has 0 aliphatic rings. The third kappa shape index (κ3) is 2.34. The summed E-state index contributed by atoms with van der Waals surface area (Å²) in [6, 6.07) is 15.9. The van der Waals surface area contributed by atoms with Gasteiger partial charge in [-0.1, -0.05) is 41.9 Å². The van der Waals surface area contributed by atoms with Crippen LogP contribution in [0.5, 0.6) is 0 Å². The third-order valence-electron chi connectivity index (χ3n) is 3.14. The highest BCUT2D eigenvalue weighted by atomic mass is 35.5. The number of alkyl halides is 1. The SMILES string of the molecule is ClCc1nc2ccccc2n1Cc1ccccc1Cl. The lowest BCUT2D eigenvalue weighted by Gasteiger charge is -2.09. The maximum absolute atomic E-state index is 6.22. The van der Waals surface area contributed by atoms with Gasteiger partial charge in [-0.15, -0.1) is 11.6 Å². The van der Waals surface area contributed by atoms with Crippen molar-refractivity contribution in [3.05, 3.63) is 64.9 Å². The Morgan fingerprint density at radius 3 is 2.53 bits per heavy atom. The molecule has 0 amide bonds. The van der Waals surface area contributed by atoms with E-state index in [-0.39, 0.29) is 0 Å². The number of hydrogen-bond donors (Lipinski definition) is 0. The molecule has 0 unspecified atom stereocenters. The summed E-state index contributed by atoms with van der Waals surface area (Å²) < 4.78 is 2.11. The fraction of sp³-hybridized carbons (Fsp3) is 0.133. The van der Waals surface area contributed by atoms with Crippen molar-refractivity contribution in [3.63, 3.8) is 0 Å². The highest BCUT2D eigenvalue weighted by molar-refractivity contribution is 6.31. The number of hydrogen-bond acceptors (Lipinski definition) is 1. The largest absolute Gasteiger partial charge is 0.322 e. The minimum absolute atomic E-state index is 0.388. The van der Waals surface area contributed by atoms with Gasteiger partial charge in [-0.25, -0.2) is 4.98 Å². The molecule has 3 aromatic rings. The van der Waals surface area contributed by atoms with Crippen molar-refractivity contribution >= 4 is 34.2 Å². The van der Waals surface area contributed by atoms with Crippen LogP contribution in [0.4, 0.5) is 0 Å².